The monoisotopic (exact) mass is 261 g/mol. The Labute approximate surface area is 104 Å². The zero-order valence-corrected chi connectivity index (χ0v) is 10.8. The molecular weight excluding hydrogens is 246 g/mol. The van der Waals surface area contributed by atoms with Gasteiger partial charge >= 0.3 is 5.97 Å². The molecule has 1 heterocycles. The van der Waals surface area contributed by atoms with E-state index in [1.54, 1.807) is 0 Å². The van der Waals surface area contributed by atoms with Crippen molar-refractivity contribution >= 4 is 28.9 Å². The van der Waals surface area contributed by atoms with Gasteiger partial charge in [-0.15, -0.1) is 11.3 Å². The molecule has 16 heavy (non-hydrogen) atoms. The summed E-state index contributed by atoms with van der Waals surface area (Å²) in [6.45, 7) is 1.96. The molecule has 0 amide bonds. The number of thiophene rings is 1. The number of carboxylic acids is 1. The summed E-state index contributed by atoms with van der Waals surface area (Å²) >= 11 is 7.47. The van der Waals surface area contributed by atoms with Gasteiger partial charge in [0.15, 0.2) is 0 Å². The molecule has 0 saturated carbocycles. The smallest absolute Gasteiger partial charge is 0.303 e. The summed E-state index contributed by atoms with van der Waals surface area (Å²) in [6, 6.07) is 1.99. The van der Waals surface area contributed by atoms with E-state index in [4.69, 9.17) is 22.4 Å². The van der Waals surface area contributed by atoms with Crippen LogP contribution in [-0.4, -0.2) is 11.1 Å². The Morgan fingerprint density at radius 2 is 2.31 bits per heavy atom. The Hall–Kier alpha value is -0.580. The lowest BCUT2D eigenvalue weighted by Crippen LogP contribution is -2.08. The molecule has 1 aromatic heterocycles. The number of nitrogens with two attached hydrogens (primary N) is 1. The van der Waals surface area contributed by atoms with Crippen LogP contribution in [0.1, 0.15) is 42.2 Å². The molecule has 0 aliphatic carbocycles. The number of hydrogen-bond donors (Lipinski definition) is 2. The molecule has 0 aliphatic rings. The number of carbonyl (C=O) groups is 1. The maximum absolute atomic E-state index is 10.3. The molecular formula is C11H16ClNO2S. The Bertz CT molecular complexity index is 345. The summed E-state index contributed by atoms with van der Waals surface area (Å²) in [7, 11) is 0. The summed E-state index contributed by atoms with van der Waals surface area (Å²) in [5.41, 5.74) is 7.06. The first-order valence-electron chi connectivity index (χ1n) is 5.24. The van der Waals surface area contributed by atoms with E-state index < -0.39 is 5.97 Å². The highest BCUT2D eigenvalue weighted by molar-refractivity contribution is 7.16. The van der Waals surface area contributed by atoms with Gasteiger partial charge in [0.25, 0.3) is 0 Å². The third-order valence-electron chi connectivity index (χ3n) is 2.40. The minimum absolute atomic E-state index is 0.0232. The maximum atomic E-state index is 10.3. The fourth-order valence-electron chi connectivity index (χ4n) is 1.45. The van der Waals surface area contributed by atoms with E-state index in [1.165, 1.54) is 11.3 Å². The summed E-state index contributed by atoms with van der Waals surface area (Å²) in [6.07, 6.45) is 2.55. The fraction of sp³-hybridized carbons (Fsp3) is 0.545. The van der Waals surface area contributed by atoms with Gasteiger partial charge in [0.1, 0.15) is 0 Å². The quantitative estimate of drug-likeness (QED) is 0.772. The van der Waals surface area contributed by atoms with Gasteiger partial charge in [-0.25, -0.2) is 0 Å². The second kappa shape index (κ2) is 6.23. The second-order valence-electron chi connectivity index (χ2n) is 3.85. The lowest BCUT2D eigenvalue weighted by atomic mass is 10.1. The first-order valence-corrected chi connectivity index (χ1v) is 6.43. The van der Waals surface area contributed by atoms with Crippen LogP contribution in [0, 0.1) is 6.92 Å². The summed E-state index contributed by atoms with van der Waals surface area (Å²) in [5.74, 6) is -0.747. The minimum Gasteiger partial charge on any atom is -0.481 e. The molecule has 5 heteroatoms. The van der Waals surface area contributed by atoms with Crippen LogP contribution in [0.2, 0.25) is 4.34 Å². The van der Waals surface area contributed by atoms with Crippen molar-refractivity contribution in [1.29, 1.82) is 0 Å². The van der Waals surface area contributed by atoms with Crippen molar-refractivity contribution in [2.45, 2.75) is 38.6 Å². The van der Waals surface area contributed by atoms with E-state index in [2.05, 4.69) is 0 Å². The van der Waals surface area contributed by atoms with Gasteiger partial charge in [-0.2, -0.15) is 0 Å². The van der Waals surface area contributed by atoms with Crippen LogP contribution in [0.25, 0.3) is 0 Å². The highest BCUT2D eigenvalue weighted by Gasteiger charge is 2.11. The first kappa shape index (κ1) is 13.5. The van der Waals surface area contributed by atoms with Gasteiger partial charge in [-0.3, -0.25) is 4.79 Å². The third kappa shape index (κ3) is 4.12. The number of hydrogen-bond acceptors (Lipinski definition) is 3. The second-order valence-corrected chi connectivity index (χ2v) is 5.54. The number of aryl methyl sites for hydroxylation is 1. The van der Waals surface area contributed by atoms with E-state index in [-0.39, 0.29) is 12.5 Å². The van der Waals surface area contributed by atoms with Crippen molar-refractivity contribution in [3.63, 3.8) is 0 Å². The lowest BCUT2D eigenvalue weighted by molar-refractivity contribution is -0.137. The first-order chi connectivity index (χ1) is 7.50. The molecule has 3 nitrogen and oxygen atoms in total. The van der Waals surface area contributed by atoms with E-state index in [0.29, 0.717) is 6.42 Å². The molecule has 0 bridgehead atoms. The Kier molecular flexibility index (Phi) is 5.25. The maximum Gasteiger partial charge on any atom is 0.303 e. The summed E-state index contributed by atoms with van der Waals surface area (Å²) in [5, 5.41) is 8.49. The lowest BCUT2D eigenvalue weighted by Gasteiger charge is -2.08. The molecule has 0 aliphatic heterocycles. The van der Waals surface area contributed by atoms with Gasteiger partial charge < -0.3 is 10.8 Å². The number of halogens is 1. The predicted molar refractivity (Wildman–Crippen MR) is 67.1 cm³/mol. The average Bonchev–Trinajstić information content (AvgIpc) is 2.54. The number of rotatable bonds is 6. The van der Waals surface area contributed by atoms with Crippen LogP contribution in [0.5, 0.6) is 0 Å². The topological polar surface area (TPSA) is 63.3 Å². The highest BCUT2D eigenvalue weighted by atomic mass is 35.5. The van der Waals surface area contributed by atoms with Crippen molar-refractivity contribution < 1.29 is 9.90 Å². The molecule has 3 N–H and O–H groups in total. The molecule has 90 valence electrons. The van der Waals surface area contributed by atoms with Crippen LogP contribution in [-0.2, 0) is 4.79 Å². The van der Waals surface area contributed by atoms with Crippen LogP contribution in [0.3, 0.4) is 0 Å². The number of unbranched alkanes of at least 4 members (excludes halogenated alkanes) is 1. The number of carboxylic acid groups (broad SMARTS) is 1. The van der Waals surface area contributed by atoms with Crippen molar-refractivity contribution in [2.75, 3.05) is 0 Å². The fourth-order valence-corrected chi connectivity index (χ4v) is 2.70. The molecule has 1 rings (SSSR count). The largest absolute Gasteiger partial charge is 0.481 e. The predicted octanol–water partition coefficient (Wildman–Crippen LogP) is 3.35. The third-order valence-corrected chi connectivity index (χ3v) is 4.08. The Morgan fingerprint density at radius 3 is 2.81 bits per heavy atom. The van der Waals surface area contributed by atoms with E-state index in [0.717, 1.165) is 27.6 Å². The molecule has 1 aromatic rings. The van der Waals surface area contributed by atoms with E-state index in [9.17, 15) is 4.79 Å². The zero-order valence-electron chi connectivity index (χ0n) is 9.20. The number of aliphatic carboxylic acids is 1. The Morgan fingerprint density at radius 1 is 1.62 bits per heavy atom. The molecule has 0 aromatic carbocycles. The molecule has 1 atom stereocenters. The molecule has 0 spiro atoms. The summed E-state index contributed by atoms with van der Waals surface area (Å²) in [4.78, 5) is 11.4. The van der Waals surface area contributed by atoms with Gasteiger partial charge in [0, 0.05) is 17.3 Å². The minimum atomic E-state index is -0.747. The van der Waals surface area contributed by atoms with Crippen LogP contribution < -0.4 is 5.73 Å². The van der Waals surface area contributed by atoms with Gasteiger partial charge in [0.2, 0.25) is 0 Å². The normalized spacial score (nSPS) is 12.7. The van der Waals surface area contributed by atoms with Crippen LogP contribution >= 0.6 is 22.9 Å². The van der Waals surface area contributed by atoms with Crippen molar-refractivity contribution in [3.05, 3.63) is 20.8 Å². The van der Waals surface area contributed by atoms with Crippen LogP contribution in [0.15, 0.2) is 6.07 Å². The molecule has 0 radical (unpaired) electrons. The summed E-state index contributed by atoms with van der Waals surface area (Å²) < 4.78 is 0.788. The van der Waals surface area contributed by atoms with Crippen molar-refractivity contribution in [3.8, 4) is 0 Å². The zero-order chi connectivity index (χ0) is 12.1. The van der Waals surface area contributed by atoms with Crippen molar-refractivity contribution in [2.24, 2.45) is 5.73 Å². The molecule has 0 fully saturated rings. The standard InChI is InChI=1S/C11H16ClNO2S/c1-7-6-9(16-11(7)12)8(13)4-2-3-5-10(14)15/h6,8H,2-5,13H2,1H3,(H,14,15). The van der Waals surface area contributed by atoms with E-state index >= 15 is 0 Å². The average molecular weight is 262 g/mol. The Balaban J connectivity index is 2.35. The van der Waals surface area contributed by atoms with Crippen molar-refractivity contribution in [1.82, 2.24) is 0 Å². The SMILES string of the molecule is Cc1cc(C(N)CCCCC(=O)O)sc1Cl. The van der Waals surface area contributed by atoms with Gasteiger partial charge in [-0.1, -0.05) is 18.0 Å². The van der Waals surface area contributed by atoms with Gasteiger partial charge in [0.05, 0.1) is 4.34 Å². The molecule has 0 saturated heterocycles. The van der Waals surface area contributed by atoms with Crippen LogP contribution in [0.4, 0.5) is 0 Å². The molecule has 1 unspecified atom stereocenters. The van der Waals surface area contributed by atoms with E-state index in [1.807, 2.05) is 13.0 Å². The van der Waals surface area contributed by atoms with Gasteiger partial charge in [-0.05, 0) is 31.4 Å². The highest BCUT2D eigenvalue weighted by Crippen LogP contribution is 2.31.